The Morgan fingerprint density at radius 3 is 2.53 bits per heavy atom. The van der Waals surface area contributed by atoms with E-state index in [1.54, 1.807) is 18.3 Å². The summed E-state index contributed by atoms with van der Waals surface area (Å²) < 4.78 is 0. The topological polar surface area (TPSA) is 54.0 Å². The van der Waals surface area contributed by atoms with Gasteiger partial charge in [-0.15, -0.1) is 0 Å². The molecule has 0 saturated heterocycles. The minimum Gasteiger partial charge on any atom is -0.327 e. The fourth-order valence-corrected chi connectivity index (χ4v) is 1.53. The minimum absolute atomic E-state index is 0.204. The van der Waals surface area contributed by atoms with Crippen LogP contribution >= 0.6 is 0 Å². The van der Waals surface area contributed by atoms with E-state index in [2.05, 4.69) is 22.2 Å². The number of rotatable bonds is 4. The van der Waals surface area contributed by atoms with Gasteiger partial charge in [0.15, 0.2) is 0 Å². The first kappa shape index (κ1) is 12.8. The van der Waals surface area contributed by atoms with Crippen molar-refractivity contribution in [3.63, 3.8) is 0 Å². The van der Waals surface area contributed by atoms with E-state index in [1.807, 2.05) is 37.3 Å². The molecule has 2 rings (SSSR count). The Balaban J connectivity index is 1.95. The second-order valence-corrected chi connectivity index (χ2v) is 4.14. The van der Waals surface area contributed by atoms with Gasteiger partial charge in [-0.3, -0.25) is 4.79 Å². The molecule has 2 N–H and O–H groups in total. The molecule has 0 atom stereocenters. The van der Waals surface area contributed by atoms with E-state index in [9.17, 15) is 4.79 Å². The van der Waals surface area contributed by atoms with Gasteiger partial charge in [0.25, 0.3) is 5.91 Å². The summed E-state index contributed by atoms with van der Waals surface area (Å²) in [6, 6.07) is 12.7. The van der Waals surface area contributed by atoms with Crippen molar-refractivity contribution >= 4 is 11.7 Å². The lowest BCUT2D eigenvalue weighted by atomic mass is 10.2. The molecule has 0 radical (unpaired) electrons. The molecule has 4 nitrogen and oxygen atoms in total. The molecule has 0 aliphatic carbocycles. The molecule has 0 saturated carbocycles. The van der Waals surface area contributed by atoms with Crippen molar-refractivity contribution in [3.05, 3.63) is 72.2 Å². The van der Waals surface area contributed by atoms with Gasteiger partial charge in [-0.1, -0.05) is 30.8 Å². The van der Waals surface area contributed by atoms with E-state index in [-0.39, 0.29) is 5.91 Å². The van der Waals surface area contributed by atoms with Crippen molar-refractivity contribution < 1.29 is 4.79 Å². The van der Waals surface area contributed by atoms with Crippen LogP contribution < -0.4 is 10.6 Å². The molecule has 19 heavy (non-hydrogen) atoms. The van der Waals surface area contributed by atoms with Gasteiger partial charge in [0, 0.05) is 11.8 Å². The monoisotopic (exact) mass is 253 g/mol. The third kappa shape index (κ3) is 3.67. The van der Waals surface area contributed by atoms with Gasteiger partial charge >= 0.3 is 0 Å². The van der Waals surface area contributed by atoms with Crippen molar-refractivity contribution in [2.45, 2.75) is 6.92 Å². The van der Waals surface area contributed by atoms with E-state index < -0.39 is 0 Å². The molecular weight excluding hydrogens is 238 g/mol. The lowest BCUT2D eigenvalue weighted by Gasteiger charge is -2.10. The van der Waals surface area contributed by atoms with E-state index >= 15 is 0 Å². The lowest BCUT2D eigenvalue weighted by Crippen LogP contribution is -2.26. The van der Waals surface area contributed by atoms with E-state index in [4.69, 9.17) is 0 Å². The van der Waals surface area contributed by atoms with Gasteiger partial charge < -0.3 is 10.6 Å². The van der Waals surface area contributed by atoms with E-state index in [0.717, 1.165) is 5.56 Å². The molecule has 96 valence electrons. The van der Waals surface area contributed by atoms with Crippen molar-refractivity contribution in [2.75, 3.05) is 5.32 Å². The van der Waals surface area contributed by atoms with Crippen LogP contribution in [0.4, 0.5) is 5.82 Å². The summed E-state index contributed by atoms with van der Waals surface area (Å²) >= 11 is 0. The third-order valence-corrected chi connectivity index (χ3v) is 2.49. The van der Waals surface area contributed by atoms with Crippen molar-refractivity contribution in [1.29, 1.82) is 0 Å². The molecule has 0 spiro atoms. The fourth-order valence-electron chi connectivity index (χ4n) is 1.53. The maximum Gasteiger partial charge on any atom is 0.256 e. The summed E-state index contributed by atoms with van der Waals surface area (Å²) in [6.07, 6.45) is 1.74. The number of anilines is 1. The van der Waals surface area contributed by atoms with Crippen LogP contribution in [0.3, 0.4) is 0 Å². The predicted octanol–water partition coefficient (Wildman–Crippen LogP) is 2.70. The number of carbonyl (C=O) groups is 1. The van der Waals surface area contributed by atoms with Crippen LogP contribution in [0.25, 0.3) is 0 Å². The Bertz CT molecular complexity index is 576. The van der Waals surface area contributed by atoms with Crippen molar-refractivity contribution in [2.24, 2.45) is 0 Å². The molecule has 0 fully saturated rings. The number of benzene rings is 1. The summed E-state index contributed by atoms with van der Waals surface area (Å²) in [4.78, 5) is 16.0. The minimum atomic E-state index is -0.204. The number of aryl methyl sites for hydroxylation is 1. The number of hydrogen-bond donors (Lipinski definition) is 2. The van der Waals surface area contributed by atoms with Gasteiger partial charge in [0.05, 0.1) is 0 Å². The lowest BCUT2D eigenvalue weighted by molar-refractivity contribution is 0.0966. The van der Waals surface area contributed by atoms with Crippen molar-refractivity contribution in [3.8, 4) is 0 Å². The summed E-state index contributed by atoms with van der Waals surface area (Å²) in [5.74, 6) is 0.833. The zero-order valence-corrected chi connectivity index (χ0v) is 10.7. The second-order valence-electron chi connectivity index (χ2n) is 4.14. The largest absolute Gasteiger partial charge is 0.327 e. The molecule has 0 bridgehead atoms. The van der Waals surface area contributed by atoms with Gasteiger partial charge in [-0.25, -0.2) is 4.98 Å². The Morgan fingerprint density at radius 1 is 1.16 bits per heavy atom. The van der Waals surface area contributed by atoms with Crippen LogP contribution in [-0.4, -0.2) is 10.9 Å². The van der Waals surface area contributed by atoms with Crippen LogP contribution in [0.5, 0.6) is 0 Å². The fraction of sp³-hybridized carbons (Fsp3) is 0.0667. The summed E-state index contributed by atoms with van der Waals surface area (Å²) in [5, 5.41) is 5.61. The van der Waals surface area contributed by atoms with E-state index in [0.29, 0.717) is 17.2 Å². The molecule has 1 amide bonds. The van der Waals surface area contributed by atoms with Crippen LogP contribution in [0.1, 0.15) is 15.9 Å². The maximum atomic E-state index is 11.9. The standard InChI is InChI=1S/C15H15N3O/c1-11-8-9-14(16-10-11)17-12(2)18-15(19)13-6-4-3-5-7-13/h3-10H,2H2,1H3,(H,16,17)(H,18,19). The number of hydrogen-bond acceptors (Lipinski definition) is 3. The molecule has 2 aromatic rings. The first-order chi connectivity index (χ1) is 9.15. The average molecular weight is 253 g/mol. The Kier molecular flexibility index (Phi) is 3.93. The quantitative estimate of drug-likeness (QED) is 0.880. The molecule has 1 heterocycles. The van der Waals surface area contributed by atoms with Crippen LogP contribution in [-0.2, 0) is 0 Å². The van der Waals surface area contributed by atoms with Crippen LogP contribution in [0, 0.1) is 6.92 Å². The molecular formula is C15H15N3O. The molecule has 0 unspecified atom stereocenters. The number of aromatic nitrogens is 1. The Labute approximate surface area is 112 Å². The number of amides is 1. The smallest absolute Gasteiger partial charge is 0.256 e. The summed E-state index contributed by atoms with van der Waals surface area (Å²) in [6.45, 7) is 5.72. The highest BCUT2D eigenvalue weighted by Crippen LogP contribution is 2.06. The predicted molar refractivity (Wildman–Crippen MR) is 75.6 cm³/mol. The van der Waals surface area contributed by atoms with Crippen LogP contribution in [0.2, 0.25) is 0 Å². The Hall–Kier alpha value is -2.62. The number of carbonyl (C=O) groups excluding carboxylic acids is 1. The highest BCUT2D eigenvalue weighted by Gasteiger charge is 2.05. The summed E-state index contributed by atoms with van der Waals surface area (Å²) in [5.41, 5.74) is 1.66. The molecule has 1 aromatic carbocycles. The number of nitrogens with one attached hydrogen (secondary N) is 2. The summed E-state index contributed by atoms with van der Waals surface area (Å²) in [7, 11) is 0. The number of nitrogens with zero attached hydrogens (tertiary/aromatic N) is 1. The first-order valence-electron chi connectivity index (χ1n) is 5.90. The van der Waals surface area contributed by atoms with Gasteiger partial charge in [0.1, 0.15) is 11.6 Å². The average Bonchev–Trinajstić information content (AvgIpc) is 2.42. The third-order valence-electron chi connectivity index (χ3n) is 2.49. The second kappa shape index (κ2) is 5.82. The van der Waals surface area contributed by atoms with Crippen molar-refractivity contribution in [1.82, 2.24) is 10.3 Å². The van der Waals surface area contributed by atoms with Gasteiger partial charge in [0.2, 0.25) is 0 Å². The highest BCUT2D eigenvalue weighted by atomic mass is 16.1. The molecule has 0 aliphatic heterocycles. The maximum absolute atomic E-state index is 11.9. The molecule has 1 aromatic heterocycles. The van der Waals surface area contributed by atoms with Gasteiger partial charge in [-0.05, 0) is 30.7 Å². The molecule has 4 heteroatoms. The Morgan fingerprint density at radius 2 is 1.89 bits per heavy atom. The normalized spacial score (nSPS) is 9.74. The first-order valence-corrected chi connectivity index (χ1v) is 5.90. The zero-order chi connectivity index (χ0) is 13.7. The SMILES string of the molecule is C=C(NC(=O)c1ccccc1)Nc1ccc(C)cn1. The zero-order valence-electron chi connectivity index (χ0n) is 10.7. The van der Waals surface area contributed by atoms with Gasteiger partial charge in [-0.2, -0.15) is 0 Å². The molecule has 0 aliphatic rings. The van der Waals surface area contributed by atoms with Crippen LogP contribution in [0.15, 0.2) is 61.1 Å². The van der Waals surface area contributed by atoms with E-state index in [1.165, 1.54) is 0 Å². The number of pyridine rings is 1. The highest BCUT2D eigenvalue weighted by molar-refractivity contribution is 5.95.